The Morgan fingerprint density at radius 2 is 1.74 bits per heavy atom. The Morgan fingerprint density at radius 3 is 2.39 bits per heavy atom. The number of ether oxygens (including phenoxy) is 1. The van der Waals surface area contributed by atoms with E-state index in [-0.39, 0.29) is 16.9 Å². The molecule has 0 aliphatic heterocycles. The lowest BCUT2D eigenvalue weighted by atomic mass is 9.97. The molecule has 0 atom stereocenters. The van der Waals surface area contributed by atoms with Gasteiger partial charge in [-0.05, 0) is 30.3 Å². The molecule has 5 nitrogen and oxygen atoms in total. The maximum absolute atomic E-state index is 12.7. The number of rotatable bonds is 4. The number of hydrogen-bond acceptors (Lipinski definition) is 4. The number of aromatic carboxylic acids is 1. The standard InChI is InChI=1S/C18H13NO4/c1-23-12-8-6-11(7-9-12)17(20)14-10-19-15-5-3-2-4-13(15)16(14)18(21)22/h2-10H,1H3,(H,21,22). The predicted molar refractivity (Wildman–Crippen MR) is 85.1 cm³/mol. The first-order chi connectivity index (χ1) is 11.1. The van der Waals surface area contributed by atoms with E-state index in [9.17, 15) is 14.7 Å². The van der Waals surface area contributed by atoms with Gasteiger partial charge in [0.2, 0.25) is 0 Å². The van der Waals surface area contributed by atoms with Crippen molar-refractivity contribution in [1.29, 1.82) is 0 Å². The maximum Gasteiger partial charge on any atom is 0.337 e. The summed E-state index contributed by atoms with van der Waals surface area (Å²) in [4.78, 5) is 28.5. The molecule has 0 saturated heterocycles. The minimum absolute atomic E-state index is 0.0311. The van der Waals surface area contributed by atoms with Gasteiger partial charge < -0.3 is 9.84 Å². The zero-order valence-electron chi connectivity index (χ0n) is 12.3. The zero-order chi connectivity index (χ0) is 16.4. The molecule has 1 aromatic heterocycles. The highest BCUT2D eigenvalue weighted by molar-refractivity contribution is 6.18. The molecule has 0 spiro atoms. The number of carbonyl (C=O) groups excluding carboxylic acids is 1. The van der Waals surface area contributed by atoms with Gasteiger partial charge in [-0.3, -0.25) is 9.78 Å². The van der Waals surface area contributed by atoms with Gasteiger partial charge in [-0.15, -0.1) is 0 Å². The molecule has 0 fully saturated rings. The third kappa shape index (κ3) is 2.64. The molecule has 23 heavy (non-hydrogen) atoms. The minimum atomic E-state index is -1.15. The van der Waals surface area contributed by atoms with Gasteiger partial charge in [-0.25, -0.2) is 4.79 Å². The van der Waals surface area contributed by atoms with Crippen LogP contribution in [0.3, 0.4) is 0 Å². The summed E-state index contributed by atoms with van der Waals surface area (Å²) in [5.74, 6) is -0.916. The smallest absolute Gasteiger partial charge is 0.337 e. The molecule has 5 heteroatoms. The van der Waals surface area contributed by atoms with Crippen molar-refractivity contribution >= 4 is 22.7 Å². The fourth-order valence-corrected chi connectivity index (χ4v) is 2.44. The first-order valence-electron chi connectivity index (χ1n) is 6.91. The van der Waals surface area contributed by atoms with Crippen LogP contribution in [-0.4, -0.2) is 29.0 Å². The van der Waals surface area contributed by atoms with Crippen molar-refractivity contribution in [2.75, 3.05) is 7.11 Å². The van der Waals surface area contributed by atoms with Crippen LogP contribution in [0.5, 0.6) is 5.75 Å². The average Bonchev–Trinajstić information content (AvgIpc) is 2.60. The molecule has 3 rings (SSSR count). The number of aromatic nitrogens is 1. The number of carboxylic acid groups (broad SMARTS) is 1. The summed E-state index contributed by atoms with van der Waals surface area (Å²) in [5, 5.41) is 9.99. The SMILES string of the molecule is COc1ccc(C(=O)c2cnc3ccccc3c2C(=O)O)cc1. The topological polar surface area (TPSA) is 76.5 Å². The number of benzene rings is 2. The van der Waals surface area contributed by atoms with Crippen LogP contribution in [0.25, 0.3) is 10.9 Å². The van der Waals surface area contributed by atoms with E-state index in [0.29, 0.717) is 22.2 Å². The fraction of sp³-hybridized carbons (Fsp3) is 0.0556. The third-order valence-electron chi connectivity index (χ3n) is 3.59. The van der Waals surface area contributed by atoms with E-state index in [0.717, 1.165) is 0 Å². The fourth-order valence-electron chi connectivity index (χ4n) is 2.44. The Labute approximate surface area is 132 Å². The van der Waals surface area contributed by atoms with E-state index in [2.05, 4.69) is 4.98 Å². The van der Waals surface area contributed by atoms with E-state index in [1.807, 2.05) is 0 Å². The number of hydrogen-bond donors (Lipinski definition) is 1. The van der Waals surface area contributed by atoms with Crippen molar-refractivity contribution in [3.05, 3.63) is 71.4 Å². The molecule has 0 aliphatic rings. The quantitative estimate of drug-likeness (QED) is 0.749. The van der Waals surface area contributed by atoms with Gasteiger partial charge in [-0.2, -0.15) is 0 Å². The summed E-state index contributed by atoms with van der Waals surface area (Å²) in [6.07, 6.45) is 1.32. The number of methoxy groups -OCH3 is 1. The van der Waals surface area contributed by atoms with Crippen LogP contribution >= 0.6 is 0 Å². The average molecular weight is 307 g/mol. The summed E-state index contributed by atoms with van der Waals surface area (Å²) in [6.45, 7) is 0. The lowest BCUT2D eigenvalue weighted by Gasteiger charge is -2.09. The lowest BCUT2D eigenvalue weighted by molar-refractivity contribution is 0.0695. The second-order valence-electron chi connectivity index (χ2n) is 4.93. The second kappa shape index (κ2) is 5.88. The van der Waals surface area contributed by atoms with E-state index in [1.165, 1.54) is 13.3 Å². The van der Waals surface area contributed by atoms with Crippen LogP contribution in [-0.2, 0) is 0 Å². The third-order valence-corrected chi connectivity index (χ3v) is 3.59. The lowest BCUT2D eigenvalue weighted by Crippen LogP contribution is -2.11. The largest absolute Gasteiger partial charge is 0.497 e. The Balaban J connectivity index is 2.16. The first kappa shape index (κ1) is 14.7. The molecule has 0 unspecified atom stereocenters. The van der Waals surface area contributed by atoms with Crippen LogP contribution in [0.15, 0.2) is 54.7 Å². The molecule has 1 N–H and O–H groups in total. The van der Waals surface area contributed by atoms with E-state index in [1.54, 1.807) is 48.5 Å². The summed E-state index contributed by atoms with van der Waals surface area (Å²) in [7, 11) is 1.53. The van der Waals surface area contributed by atoms with Gasteiger partial charge in [-0.1, -0.05) is 18.2 Å². The summed E-state index contributed by atoms with van der Waals surface area (Å²) >= 11 is 0. The monoisotopic (exact) mass is 307 g/mol. The number of carbonyl (C=O) groups is 2. The molecule has 2 aromatic carbocycles. The Kier molecular flexibility index (Phi) is 3.76. The van der Waals surface area contributed by atoms with Gasteiger partial charge in [0.05, 0.1) is 23.8 Å². The maximum atomic E-state index is 12.7. The number of ketones is 1. The molecule has 0 saturated carbocycles. The van der Waals surface area contributed by atoms with Crippen molar-refractivity contribution in [3.63, 3.8) is 0 Å². The number of para-hydroxylation sites is 1. The van der Waals surface area contributed by atoms with Crippen molar-refractivity contribution < 1.29 is 19.4 Å². The van der Waals surface area contributed by atoms with Crippen molar-refractivity contribution in [3.8, 4) is 5.75 Å². The Bertz CT molecular complexity index is 901. The molecule has 114 valence electrons. The molecular formula is C18H13NO4. The molecule has 0 aliphatic carbocycles. The van der Waals surface area contributed by atoms with Gasteiger partial charge in [0, 0.05) is 17.1 Å². The summed E-state index contributed by atoms with van der Waals surface area (Å²) in [5.41, 5.74) is 0.958. The Hall–Kier alpha value is -3.21. The van der Waals surface area contributed by atoms with Crippen molar-refractivity contribution in [1.82, 2.24) is 4.98 Å². The molecule has 3 aromatic rings. The molecule has 0 bridgehead atoms. The minimum Gasteiger partial charge on any atom is -0.497 e. The number of nitrogens with zero attached hydrogens (tertiary/aromatic N) is 1. The van der Waals surface area contributed by atoms with Gasteiger partial charge in [0.25, 0.3) is 0 Å². The molecule has 1 heterocycles. The van der Waals surface area contributed by atoms with Crippen LogP contribution in [0.1, 0.15) is 26.3 Å². The van der Waals surface area contributed by atoms with Gasteiger partial charge in [0.1, 0.15) is 5.75 Å². The van der Waals surface area contributed by atoms with Crippen LogP contribution in [0.4, 0.5) is 0 Å². The second-order valence-corrected chi connectivity index (χ2v) is 4.93. The highest BCUT2D eigenvalue weighted by Crippen LogP contribution is 2.23. The van der Waals surface area contributed by atoms with E-state index >= 15 is 0 Å². The molecule has 0 amide bonds. The predicted octanol–water partition coefficient (Wildman–Crippen LogP) is 3.17. The highest BCUT2D eigenvalue weighted by atomic mass is 16.5. The first-order valence-corrected chi connectivity index (χ1v) is 6.91. The zero-order valence-corrected chi connectivity index (χ0v) is 12.3. The number of fused-ring (bicyclic) bond motifs is 1. The summed E-state index contributed by atoms with van der Waals surface area (Å²) in [6, 6.07) is 13.4. The van der Waals surface area contributed by atoms with E-state index in [4.69, 9.17) is 4.74 Å². The van der Waals surface area contributed by atoms with Gasteiger partial charge in [0.15, 0.2) is 5.78 Å². The highest BCUT2D eigenvalue weighted by Gasteiger charge is 2.21. The number of carboxylic acids is 1. The van der Waals surface area contributed by atoms with Crippen LogP contribution < -0.4 is 4.74 Å². The number of pyridine rings is 1. The Morgan fingerprint density at radius 1 is 1.04 bits per heavy atom. The van der Waals surface area contributed by atoms with Crippen LogP contribution in [0.2, 0.25) is 0 Å². The van der Waals surface area contributed by atoms with E-state index < -0.39 is 5.97 Å². The molecular weight excluding hydrogens is 294 g/mol. The van der Waals surface area contributed by atoms with Crippen molar-refractivity contribution in [2.45, 2.75) is 0 Å². The van der Waals surface area contributed by atoms with Gasteiger partial charge >= 0.3 is 5.97 Å². The summed E-state index contributed by atoms with van der Waals surface area (Å²) < 4.78 is 5.06. The van der Waals surface area contributed by atoms with Crippen molar-refractivity contribution in [2.24, 2.45) is 0 Å². The van der Waals surface area contributed by atoms with Crippen LogP contribution in [0, 0.1) is 0 Å². The molecule has 0 radical (unpaired) electrons. The normalized spacial score (nSPS) is 10.5.